The molecule has 0 saturated carbocycles. The summed E-state index contributed by atoms with van der Waals surface area (Å²) in [7, 11) is 1.87. The van der Waals surface area contributed by atoms with E-state index < -0.39 is 0 Å². The first-order valence-corrected chi connectivity index (χ1v) is 6.74. The van der Waals surface area contributed by atoms with Gasteiger partial charge in [-0.15, -0.1) is 0 Å². The van der Waals surface area contributed by atoms with Gasteiger partial charge in [-0.1, -0.05) is 0 Å². The number of amides is 1. The Morgan fingerprint density at radius 1 is 1.35 bits per heavy atom. The number of rotatable bonds is 2. The maximum absolute atomic E-state index is 11.6. The smallest absolute Gasteiger partial charge is 0.220 e. The minimum absolute atomic E-state index is 0.0700. The van der Waals surface area contributed by atoms with E-state index in [1.165, 1.54) is 0 Å². The highest BCUT2D eigenvalue weighted by atomic mass is 16.2. The second kappa shape index (κ2) is 5.03. The van der Waals surface area contributed by atoms with E-state index in [4.69, 9.17) is 0 Å². The Hall–Kier alpha value is -2.24. The standard InChI is InChI=1S/C14H17N5O/c1-10(20)19-7-3-4-14(19)12-9-15-11(8-16-12)13-5-6-17-18(13)2/h5-6,8-9,14H,3-4,7H2,1-2H3/t14-/m0/s1. The van der Waals surface area contributed by atoms with Gasteiger partial charge in [0.25, 0.3) is 0 Å². The summed E-state index contributed by atoms with van der Waals surface area (Å²) in [6, 6.07) is 1.97. The van der Waals surface area contributed by atoms with Crippen LogP contribution in [-0.4, -0.2) is 37.1 Å². The summed E-state index contributed by atoms with van der Waals surface area (Å²) in [5.74, 6) is 0.102. The molecule has 1 atom stereocenters. The number of hydrogen-bond acceptors (Lipinski definition) is 4. The maximum atomic E-state index is 11.6. The number of carbonyl (C=O) groups is 1. The van der Waals surface area contributed by atoms with Gasteiger partial charge < -0.3 is 4.90 Å². The van der Waals surface area contributed by atoms with Crippen molar-refractivity contribution in [2.75, 3.05) is 6.54 Å². The molecule has 2 aromatic heterocycles. The third-order valence-electron chi connectivity index (χ3n) is 3.75. The molecule has 3 heterocycles. The second-order valence-electron chi connectivity index (χ2n) is 5.04. The molecule has 1 aliphatic rings. The molecule has 104 valence electrons. The molecule has 1 fully saturated rings. The van der Waals surface area contributed by atoms with E-state index in [-0.39, 0.29) is 11.9 Å². The average molecular weight is 271 g/mol. The van der Waals surface area contributed by atoms with E-state index in [1.54, 1.807) is 30.2 Å². The summed E-state index contributed by atoms with van der Waals surface area (Å²) in [6.45, 7) is 2.42. The van der Waals surface area contributed by atoms with Crippen molar-refractivity contribution in [2.24, 2.45) is 7.05 Å². The van der Waals surface area contributed by atoms with Gasteiger partial charge in [0.1, 0.15) is 5.69 Å². The lowest BCUT2D eigenvalue weighted by Crippen LogP contribution is -2.28. The van der Waals surface area contributed by atoms with Gasteiger partial charge in [-0.05, 0) is 18.9 Å². The van der Waals surface area contributed by atoms with Crippen LogP contribution >= 0.6 is 0 Å². The van der Waals surface area contributed by atoms with Crippen LogP contribution in [0.15, 0.2) is 24.7 Å². The molecular weight excluding hydrogens is 254 g/mol. The SMILES string of the molecule is CC(=O)N1CCC[C@H]1c1cnc(-c2ccnn2C)cn1. The highest BCUT2D eigenvalue weighted by Crippen LogP contribution is 2.30. The van der Waals surface area contributed by atoms with Crippen molar-refractivity contribution >= 4 is 5.91 Å². The topological polar surface area (TPSA) is 63.9 Å². The number of aryl methyl sites for hydroxylation is 1. The monoisotopic (exact) mass is 271 g/mol. The molecule has 0 aromatic carbocycles. The van der Waals surface area contributed by atoms with Crippen LogP contribution in [0.25, 0.3) is 11.4 Å². The van der Waals surface area contributed by atoms with Gasteiger partial charge in [0.2, 0.25) is 5.91 Å². The number of aromatic nitrogens is 4. The van der Waals surface area contributed by atoms with Crippen LogP contribution in [-0.2, 0) is 11.8 Å². The van der Waals surface area contributed by atoms with Crippen molar-refractivity contribution < 1.29 is 4.79 Å². The van der Waals surface area contributed by atoms with Gasteiger partial charge in [0.05, 0.1) is 29.8 Å². The van der Waals surface area contributed by atoms with E-state index in [0.29, 0.717) is 0 Å². The number of hydrogen-bond donors (Lipinski definition) is 0. The summed E-state index contributed by atoms with van der Waals surface area (Å²) in [5.41, 5.74) is 2.59. The van der Waals surface area contributed by atoms with Crippen LogP contribution in [0.2, 0.25) is 0 Å². The Bertz CT molecular complexity index is 619. The van der Waals surface area contributed by atoms with Gasteiger partial charge in [-0.25, -0.2) is 0 Å². The van der Waals surface area contributed by atoms with Crippen LogP contribution in [0.4, 0.5) is 0 Å². The third kappa shape index (κ3) is 2.17. The molecule has 2 aromatic rings. The first kappa shape index (κ1) is 12.8. The van der Waals surface area contributed by atoms with E-state index in [1.807, 2.05) is 18.0 Å². The largest absolute Gasteiger partial charge is 0.334 e. The molecule has 0 bridgehead atoms. The van der Waals surface area contributed by atoms with Gasteiger partial charge in [0, 0.05) is 26.7 Å². The van der Waals surface area contributed by atoms with Gasteiger partial charge in [-0.2, -0.15) is 5.10 Å². The Morgan fingerprint density at radius 3 is 2.80 bits per heavy atom. The van der Waals surface area contributed by atoms with Crippen LogP contribution in [0.3, 0.4) is 0 Å². The van der Waals surface area contributed by atoms with Crippen LogP contribution in [0, 0.1) is 0 Å². The number of likely N-dealkylation sites (tertiary alicyclic amines) is 1. The van der Waals surface area contributed by atoms with Crippen molar-refractivity contribution in [3.8, 4) is 11.4 Å². The Labute approximate surface area is 117 Å². The fourth-order valence-corrected chi connectivity index (χ4v) is 2.72. The molecule has 1 amide bonds. The molecule has 6 nitrogen and oxygen atoms in total. The molecular formula is C14H17N5O. The summed E-state index contributed by atoms with van der Waals surface area (Å²) < 4.78 is 1.77. The molecule has 3 rings (SSSR count). The summed E-state index contributed by atoms with van der Waals surface area (Å²) in [4.78, 5) is 22.4. The van der Waals surface area contributed by atoms with E-state index in [2.05, 4.69) is 15.1 Å². The molecule has 0 unspecified atom stereocenters. The highest BCUT2D eigenvalue weighted by molar-refractivity contribution is 5.74. The minimum Gasteiger partial charge on any atom is -0.334 e. The Kier molecular flexibility index (Phi) is 3.22. The van der Waals surface area contributed by atoms with Crippen LogP contribution in [0.1, 0.15) is 31.5 Å². The second-order valence-corrected chi connectivity index (χ2v) is 5.04. The van der Waals surface area contributed by atoms with Crippen molar-refractivity contribution in [3.05, 3.63) is 30.4 Å². The summed E-state index contributed by atoms with van der Waals surface area (Å²) >= 11 is 0. The molecule has 0 spiro atoms. The van der Waals surface area contributed by atoms with E-state index in [9.17, 15) is 4.79 Å². The lowest BCUT2D eigenvalue weighted by Gasteiger charge is -2.22. The van der Waals surface area contributed by atoms with Gasteiger partial charge in [0.15, 0.2) is 0 Å². The summed E-state index contributed by atoms with van der Waals surface area (Å²) in [6.07, 6.45) is 7.24. The normalized spacial score (nSPS) is 18.5. The van der Waals surface area contributed by atoms with Crippen LogP contribution < -0.4 is 0 Å². The minimum atomic E-state index is 0.0700. The van der Waals surface area contributed by atoms with E-state index >= 15 is 0 Å². The fraction of sp³-hybridized carbons (Fsp3) is 0.429. The summed E-state index contributed by atoms with van der Waals surface area (Å²) in [5, 5.41) is 4.12. The molecule has 1 aliphatic heterocycles. The Balaban J connectivity index is 1.86. The highest BCUT2D eigenvalue weighted by Gasteiger charge is 2.29. The first-order valence-electron chi connectivity index (χ1n) is 6.74. The molecule has 0 N–H and O–H groups in total. The maximum Gasteiger partial charge on any atom is 0.220 e. The first-order chi connectivity index (χ1) is 9.66. The molecule has 1 saturated heterocycles. The van der Waals surface area contributed by atoms with Gasteiger partial charge >= 0.3 is 0 Å². The van der Waals surface area contributed by atoms with Gasteiger partial charge in [-0.3, -0.25) is 19.4 Å². The predicted octanol–water partition coefficient (Wildman–Crippen LogP) is 1.56. The zero-order valence-corrected chi connectivity index (χ0v) is 11.7. The number of carbonyl (C=O) groups excluding carboxylic acids is 1. The van der Waals surface area contributed by atoms with E-state index in [0.717, 1.165) is 36.5 Å². The predicted molar refractivity (Wildman–Crippen MR) is 73.6 cm³/mol. The quantitative estimate of drug-likeness (QED) is 0.831. The molecule has 0 aliphatic carbocycles. The van der Waals surface area contributed by atoms with Crippen molar-refractivity contribution in [1.82, 2.24) is 24.6 Å². The lowest BCUT2D eigenvalue weighted by atomic mass is 10.1. The zero-order chi connectivity index (χ0) is 14.1. The average Bonchev–Trinajstić information content (AvgIpc) is 3.07. The van der Waals surface area contributed by atoms with Crippen molar-refractivity contribution in [3.63, 3.8) is 0 Å². The third-order valence-corrected chi connectivity index (χ3v) is 3.75. The number of nitrogens with zero attached hydrogens (tertiary/aromatic N) is 5. The molecule has 20 heavy (non-hydrogen) atoms. The van der Waals surface area contributed by atoms with Crippen molar-refractivity contribution in [1.29, 1.82) is 0 Å². The van der Waals surface area contributed by atoms with Crippen molar-refractivity contribution in [2.45, 2.75) is 25.8 Å². The molecule has 6 heteroatoms. The van der Waals surface area contributed by atoms with Crippen LogP contribution in [0.5, 0.6) is 0 Å². The Morgan fingerprint density at radius 2 is 2.20 bits per heavy atom. The zero-order valence-electron chi connectivity index (χ0n) is 11.7. The molecule has 0 radical (unpaired) electrons. The fourth-order valence-electron chi connectivity index (χ4n) is 2.72. The lowest BCUT2D eigenvalue weighted by molar-refractivity contribution is -0.129.